The van der Waals surface area contributed by atoms with E-state index in [0.29, 0.717) is 0 Å². The Morgan fingerprint density at radius 3 is 1.32 bits per heavy atom. The van der Waals surface area contributed by atoms with Crippen LogP contribution >= 0.6 is 0 Å². The summed E-state index contributed by atoms with van der Waals surface area (Å²) < 4.78 is 0. The normalized spacial score (nSPS) is 28.0. The van der Waals surface area contributed by atoms with E-state index in [1.807, 2.05) is 0 Å². The molecule has 2 aromatic carbocycles. The van der Waals surface area contributed by atoms with Gasteiger partial charge >= 0.3 is 0 Å². The van der Waals surface area contributed by atoms with Crippen LogP contribution < -0.4 is 20.4 Å². The Morgan fingerprint density at radius 2 is 0.971 bits per heavy atom. The Balaban J connectivity index is 1.26. The summed E-state index contributed by atoms with van der Waals surface area (Å²) in [6, 6.07) is 8.53. The zero-order valence-corrected chi connectivity index (χ0v) is 21.1. The SMILES string of the molecule is Cc1c(C(=O)c2ccc(N3CC4CNCC4C3)c(C)c2C)ccc(N2CC3CNCC3C2)c1C. The fourth-order valence-electron chi connectivity index (χ4n) is 7.04. The Bertz CT molecular complexity index is 1030. The molecule has 4 aliphatic rings. The van der Waals surface area contributed by atoms with E-state index in [2.05, 4.69) is 72.4 Å². The van der Waals surface area contributed by atoms with Crippen LogP contribution in [0.25, 0.3) is 0 Å². The number of carbonyl (C=O) groups is 1. The van der Waals surface area contributed by atoms with Crippen LogP contribution in [0.2, 0.25) is 0 Å². The fraction of sp³-hybridized carbons (Fsp3) is 0.552. The molecule has 4 saturated heterocycles. The third-order valence-electron chi connectivity index (χ3n) is 9.47. The average molecular weight is 459 g/mol. The molecule has 0 aliphatic carbocycles. The first-order valence-corrected chi connectivity index (χ1v) is 13.1. The maximum absolute atomic E-state index is 13.7. The maximum atomic E-state index is 13.7. The van der Waals surface area contributed by atoms with Crippen molar-refractivity contribution in [1.82, 2.24) is 10.6 Å². The van der Waals surface area contributed by atoms with Crippen molar-refractivity contribution in [2.45, 2.75) is 27.7 Å². The molecular formula is C29H38N4O. The van der Waals surface area contributed by atoms with Crippen molar-refractivity contribution >= 4 is 17.2 Å². The zero-order valence-electron chi connectivity index (χ0n) is 21.1. The molecule has 5 nitrogen and oxygen atoms in total. The Hall–Kier alpha value is -2.37. The Kier molecular flexibility index (Phi) is 5.45. The fourth-order valence-corrected chi connectivity index (χ4v) is 7.04. The molecule has 4 unspecified atom stereocenters. The van der Waals surface area contributed by atoms with Crippen molar-refractivity contribution in [2.24, 2.45) is 23.7 Å². The van der Waals surface area contributed by atoms with Gasteiger partial charge in [0.1, 0.15) is 0 Å². The summed E-state index contributed by atoms with van der Waals surface area (Å²) in [5.41, 5.74) is 9.06. The number of hydrogen-bond donors (Lipinski definition) is 2. The van der Waals surface area contributed by atoms with Gasteiger partial charge < -0.3 is 20.4 Å². The lowest BCUT2D eigenvalue weighted by atomic mass is 9.90. The quantitative estimate of drug-likeness (QED) is 0.687. The Labute approximate surface area is 203 Å². The van der Waals surface area contributed by atoms with E-state index in [4.69, 9.17) is 0 Å². The van der Waals surface area contributed by atoms with Crippen LogP contribution in [0.3, 0.4) is 0 Å². The molecule has 0 radical (unpaired) electrons. The molecule has 180 valence electrons. The number of benzene rings is 2. The van der Waals surface area contributed by atoms with Gasteiger partial charge in [0.05, 0.1) is 0 Å². The lowest BCUT2D eigenvalue weighted by molar-refractivity contribution is 0.103. The van der Waals surface area contributed by atoms with Crippen LogP contribution in [0.1, 0.15) is 38.2 Å². The minimum atomic E-state index is 0.157. The summed E-state index contributed by atoms with van der Waals surface area (Å²) in [6.07, 6.45) is 0. The molecule has 4 aliphatic heterocycles. The number of rotatable bonds is 4. The molecule has 34 heavy (non-hydrogen) atoms. The first kappa shape index (κ1) is 22.1. The summed E-state index contributed by atoms with van der Waals surface area (Å²) in [6.45, 7) is 17.7. The summed E-state index contributed by atoms with van der Waals surface area (Å²) in [7, 11) is 0. The van der Waals surface area contributed by atoms with Gasteiger partial charge in [0.25, 0.3) is 0 Å². The largest absolute Gasteiger partial charge is 0.371 e. The minimum Gasteiger partial charge on any atom is -0.371 e. The van der Waals surface area contributed by atoms with Gasteiger partial charge in [-0.25, -0.2) is 0 Å². The highest BCUT2D eigenvalue weighted by Crippen LogP contribution is 2.37. The molecule has 4 fully saturated rings. The third kappa shape index (κ3) is 3.47. The molecule has 4 heterocycles. The minimum absolute atomic E-state index is 0.157. The molecular weight excluding hydrogens is 420 g/mol. The van der Waals surface area contributed by atoms with Gasteiger partial charge in [-0.3, -0.25) is 4.79 Å². The molecule has 0 bridgehead atoms. The van der Waals surface area contributed by atoms with E-state index in [9.17, 15) is 4.79 Å². The second-order valence-corrected chi connectivity index (χ2v) is 11.3. The second kappa shape index (κ2) is 8.39. The van der Waals surface area contributed by atoms with Crippen LogP contribution in [-0.2, 0) is 0 Å². The van der Waals surface area contributed by atoms with E-state index in [-0.39, 0.29) is 5.78 Å². The smallest absolute Gasteiger partial charge is 0.193 e. The number of nitrogens with one attached hydrogen (secondary N) is 2. The molecule has 5 heteroatoms. The highest BCUT2D eigenvalue weighted by Gasteiger charge is 2.38. The van der Waals surface area contributed by atoms with Gasteiger partial charge in [0.15, 0.2) is 5.78 Å². The summed E-state index contributed by atoms with van der Waals surface area (Å²) in [5, 5.41) is 7.06. The van der Waals surface area contributed by atoms with Gasteiger partial charge in [-0.15, -0.1) is 0 Å². The van der Waals surface area contributed by atoms with Crippen molar-refractivity contribution in [3.8, 4) is 0 Å². The molecule has 0 saturated carbocycles. The maximum Gasteiger partial charge on any atom is 0.193 e. The van der Waals surface area contributed by atoms with Crippen molar-refractivity contribution in [1.29, 1.82) is 0 Å². The predicted molar refractivity (Wildman–Crippen MR) is 139 cm³/mol. The van der Waals surface area contributed by atoms with E-state index in [1.54, 1.807) is 0 Å². The standard InChI is InChI=1S/C29H38N4O/c1-17-19(3)27(32-13-21-9-30-10-22(21)14-32)7-5-25(17)29(34)26-6-8-28(20(4)18(26)2)33-15-23-11-31-12-24(23)16-33/h5-8,21-24,30-31H,9-16H2,1-4H3. The molecule has 0 amide bonds. The number of anilines is 2. The Morgan fingerprint density at radius 1 is 0.618 bits per heavy atom. The van der Waals surface area contributed by atoms with E-state index >= 15 is 0 Å². The van der Waals surface area contributed by atoms with Gasteiger partial charge in [0.2, 0.25) is 0 Å². The summed E-state index contributed by atoms with van der Waals surface area (Å²) >= 11 is 0. The molecule has 2 N–H and O–H groups in total. The van der Waals surface area contributed by atoms with Crippen molar-refractivity contribution in [2.75, 3.05) is 62.2 Å². The zero-order chi connectivity index (χ0) is 23.6. The number of ketones is 1. The van der Waals surface area contributed by atoms with Crippen molar-refractivity contribution in [3.05, 3.63) is 57.6 Å². The van der Waals surface area contributed by atoms with Crippen molar-refractivity contribution < 1.29 is 4.79 Å². The molecule has 0 aromatic heterocycles. The number of fused-ring (bicyclic) bond motifs is 2. The second-order valence-electron chi connectivity index (χ2n) is 11.3. The van der Waals surface area contributed by atoms with Crippen molar-refractivity contribution in [3.63, 3.8) is 0 Å². The van der Waals surface area contributed by atoms with E-state index < -0.39 is 0 Å². The van der Waals surface area contributed by atoms with Gasteiger partial charge in [-0.1, -0.05) is 0 Å². The van der Waals surface area contributed by atoms with Crippen LogP contribution in [0.5, 0.6) is 0 Å². The average Bonchev–Trinajstić information content (AvgIpc) is 3.57. The molecule has 4 atom stereocenters. The predicted octanol–water partition coefficient (Wildman–Crippen LogP) is 3.46. The van der Waals surface area contributed by atoms with E-state index in [1.165, 1.54) is 22.5 Å². The van der Waals surface area contributed by atoms with Crippen LogP contribution in [-0.4, -0.2) is 58.1 Å². The van der Waals surface area contributed by atoms with E-state index in [0.717, 1.165) is 98.3 Å². The summed E-state index contributed by atoms with van der Waals surface area (Å²) in [5.74, 6) is 3.20. The van der Waals surface area contributed by atoms with Crippen LogP contribution in [0, 0.1) is 51.4 Å². The number of hydrogen-bond acceptors (Lipinski definition) is 5. The molecule has 0 spiro atoms. The van der Waals surface area contributed by atoms with Crippen LogP contribution in [0.15, 0.2) is 24.3 Å². The molecule has 6 rings (SSSR count). The highest BCUT2D eigenvalue weighted by molar-refractivity contribution is 6.11. The van der Waals surface area contributed by atoms with Gasteiger partial charge in [0, 0.05) is 74.9 Å². The highest BCUT2D eigenvalue weighted by atomic mass is 16.1. The number of nitrogens with zero attached hydrogens (tertiary/aromatic N) is 2. The number of carbonyl (C=O) groups excluding carboxylic acids is 1. The lowest BCUT2D eigenvalue weighted by Crippen LogP contribution is -2.26. The van der Waals surface area contributed by atoms with Crippen LogP contribution in [0.4, 0.5) is 11.4 Å². The first-order valence-electron chi connectivity index (χ1n) is 13.1. The third-order valence-corrected chi connectivity index (χ3v) is 9.47. The monoisotopic (exact) mass is 458 g/mol. The van der Waals surface area contributed by atoms with Gasteiger partial charge in [-0.2, -0.15) is 0 Å². The summed E-state index contributed by atoms with van der Waals surface area (Å²) in [4.78, 5) is 18.8. The molecule has 2 aromatic rings. The van der Waals surface area contributed by atoms with Gasteiger partial charge in [-0.05, 0) is 97.9 Å². The first-order chi connectivity index (χ1) is 16.4. The lowest BCUT2D eigenvalue weighted by Gasteiger charge is -2.25. The topological polar surface area (TPSA) is 47.6 Å².